The van der Waals surface area contributed by atoms with Crippen molar-refractivity contribution in [2.45, 2.75) is 25.7 Å². The van der Waals surface area contributed by atoms with Crippen molar-refractivity contribution in [3.05, 3.63) is 75.8 Å². The van der Waals surface area contributed by atoms with Crippen LogP contribution in [-0.2, 0) is 11.2 Å². The molecule has 4 rings (SSSR count). The van der Waals surface area contributed by atoms with Crippen LogP contribution in [0.4, 0.5) is 5.69 Å². The number of hydrogen-bond acceptors (Lipinski definition) is 5. The second-order valence-corrected chi connectivity index (χ2v) is 8.35. The molecule has 1 amide bonds. The lowest BCUT2D eigenvalue weighted by atomic mass is 9.86. The Kier molecular flexibility index (Phi) is 5.61. The smallest absolute Gasteiger partial charge is 0.229 e. The Hall–Kier alpha value is -2.75. The van der Waals surface area contributed by atoms with Crippen molar-refractivity contribution in [2.75, 3.05) is 24.1 Å². The highest BCUT2D eigenvalue weighted by molar-refractivity contribution is 8.03. The summed E-state index contributed by atoms with van der Waals surface area (Å²) in [6.45, 7) is 2.61. The zero-order valence-electron chi connectivity index (χ0n) is 16.3. The molecule has 5 nitrogen and oxygen atoms in total. The van der Waals surface area contributed by atoms with E-state index in [2.05, 4.69) is 11.0 Å². The summed E-state index contributed by atoms with van der Waals surface area (Å²) in [6, 6.07) is 18.6. The number of thioether (sulfide) groups is 1. The van der Waals surface area contributed by atoms with Crippen molar-refractivity contribution in [3.63, 3.8) is 0 Å². The van der Waals surface area contributed by atoms with Crippen molar-refractivity contribution in [3.8, 4) is 6.07 Å². The Bertz CT molecular complexity index is 977. The SMILES string of the molecule is Cc1ccc(C2CC(=O)N3CN(c4ccc(CCO)cc4)CSC3=C2C#N)cc1. The summed E-state index contributed by atoms with van der Waals surface area (Å²) in [7, 11) is 0. The summed E-state index contributed by atoms with van der Waals surface area (Å²) < 4.78 is 0. The molecule has 1 atom stereocenters. The summed E-state index contributed by atoms with van der Waals surface area (Å²) in [5.74, 6) is 0.569. The monoisotopic (exact) mass is 405 g/mol. The van der Waals surface area contributed by atoms with Gasteiger partial charge in [-0.15, -0.1) is 0 Å². The zero-order valence-corrected chi connectivity index (χ0v) is 17.2. The van der Waals surface area contributed by atoms with Crippen molar-refractivity contribution in [1.29, 1.82) is 5.26 Å². The van der Waals surface area contributed by atoms with Gasteiger partial charge >= 0.3 is 0 Å². The van der Waals surface area contributed by atoms with Gasteiger partial charge in [0.15, 0.2) is 0 Å². The molecule has 0 aromatic heterocycles. The van der Waals surface area contributed by atoms with Gasteiger partial charge in [-0.05, 0) is 36.6 Å². The van der Waals surface area contributed by atoms with Gasteiger partial charge < -0.3 is 10.0 Å². The van der Waals surface area contributed by atoms with Gasteiger partial charge in [-0.1, -0.05) is 53.7 Å². The van der Waals surface area contributed by atoms with Crippen LogP contribution in [0.15, 0.2) is 59.1 Å². The first-order chi connectivity index (χ1) is 14.1. The number of allylic oxidation sites excluding steroid dienone is 1. The molecular weight excluding hydrogens is 382 g/mol. The molecule has 29 heavy (non-hydrogen) atoms. The number of carbonyl (C=O) groups excluding carboxylic acids is 1. The minimum Gasteiger partial charge on any atom is -0.396 e. The summed E-state index contributed by atoms with van der Waals surface area (Å²) in [4.78, 5) is 16.9. The maximum atomic E-state index is 13.0. The van der Waals surface area contributed by atoms with E-state index in [0.717, 1.165) is 27.4 Å². The Morgan fingerprint density at radius 2 is 1.90 bits per heavy atom. The number of aliphatic hydroxyl groups excluding tert-OH is 1. The van der Waals surface area contributed by atoms with E-state index in [1.807, 2.05) is 55.5 Å². The van der Waals surface area contributed by atoms with Crippen LogP contribution < -0.4 is 4.90 Å². The van der Waals surface area contributed by atoms with E-state index in [1.54, 1.807) is 16.7 Å². The highest BCUT2D eigenvalue weighted by Crippen LogP contribution is 2.43. The Balaban J connectivity index is 1.59. The Morgan fingerprint density at radius 1 is 1.17 bits per heavy atom. The maximum Gasteiger partial charge on any atom is 0.229 e. The highest BCUT2D eigenvalue weighted by atomic mass is 32.2. The molecule has 0 bridgehead atoms. The predicted octanol–water partition coefficient (Wildman–Crippen LogP) is 3.75. The van der Waals surface area contributed by atoms with Gasteiger partial charge in [-0.2, -0.15) is 5.26 Å². The highest BCUT2D eigenvalue weighted by Gasteiger charge is 2.38. The summed E-state index contributed by atoms with van der Waals surface area (Å²) in [5.41, 5.74) is 5.00. The van der Waals surface area contributed by atoms with E-state index < -0.39 is 0 Å². The van der Waals surface area contributed by atoms with Gasteiger partial charge in [0.05, 0.1) is 29.2 Å². The van der Waals surface area contributed by atoms with Crippen molar-refractivity contribution < 1.29 is 9.90 Å². The van der Waals surface area contributed by atoms with E-state index in [9.17, 15) is 10.1 Å². The number of benzene rings is 2. The average molecular weight is 406 g/mol. The summed E-state index contributed by atoms with van der Waals surface area (Å²) >= 11 is 1.55. The third-order valence-corrected chi connectivity index (χ3v) is 6.63. The number of anilines is 1. The van der Waals surface area contributed by atoms with Crippen LogP contribution in [0.1, 0.15) is 29.0 Å². The van der Waals surface area contributed by atoms with Crippen LogP contribution in [-0.4, -0.2) is 35.1 Å². The molecule has 0 spiro atoms. The molecule has 6 heteroatoms. The first-order valence-corrected chi connectivity index (χ1v) is 10.7. The number of aliphatic hydroxyl groups is 1. The van der Waals surface area contributed by atoms with Gasteiger partial charge in [0.1, 0.15) is 0 Å². The van der Waals surface area contributed by atoms with Gasteiger partial charge in [0.2, 0.25) is 5.91 Å². The minimum atomic E-state index is -0.170. The average Bonchev–Trinajstić information content (AvgIpc) is 2.75. The number of hydrogen-bond donors (Lipinski definition) is 1. The molecule has 1 fully saturated rings. The number of nitrogens with zero attached hydrogens (tertiary/aromatic N) is 3. The molecule has 1 unspecified atom stereocenters. The third kappa shape index (κ3) is 3.89. The Morgan fingerprint density at radius 3 is 2.55 bits per heavy atom. The van der Waals surface area contributed by atoms with E-state index in [0.29, 0.717) is 31.0 Å². The standard InChI is InChI=1S/C23H23N3O2S/c1-16-2-6-18(7-3-16)20-12-22(28)26-14-25(15-29-23(26)21(20)13-24)19-8-4-17(5-9-19)10-11-27/h2-9,20,27H,10-12,14-15H2,1H3. The number of amides is 1. The number of fused-ring (bicyclic) bond motifs is 1. The molecule has 2 aromatic rings. The zero-order chi connectivity index (χ0) is 20.4. The lowest BCUT2D eigenvalue weighted by Crippen LogP contribution is -2.47. The van der Waals surface area contributed by atoms with Crippen LogP contribution >= 0.6 is 11.8 Å². The lowest BCUT2D eigenvalue weighted by Gasteiger charge is -2.42. The summed E-state index contributed by atoms with van der Waals surface area (Å²) in [5, 5.41) is 19.7. The molecule has 1 N–H and O–H groups in total. The van der Waals surface area contributed by atoms with Crippen LogP contribution in [0.25, 0.3) is 0 Å². The van der Waals surface area contributed by atoms with Gasteiger partial charge in [-0.3, -0.25) is 9.69 Å². The van der Waals surface area contributed by atoms with E-state index >= 15 is 0 Å². The second-order valence-electron chi connectivity index (χ2n) is 7.41. The normalized spacial score (nSPS) is 19.2. The molecule has 148 valence electrons. The molecule has 0 radical (unpaired) electrons. The van der Waals surface area contributed by atoms with Crippen molar-refractivity contribution in [2.24, 2.45) is 0 Å². The van der Waals surface area contributed by atoms with E-state index in [1.165, 1.54) is 0 Å². The van der Waals surface area contributed by atoms with Crippen LogP contribution in [0.5, 0.6) is 0 Å². The van der Waals surface area contributed by atoms with Crippen LogP contribution in [0, 0.1) is 18.3 Å². The van der Waals surface area contributed by atoms with Crippen molar-refractivity contribution >= 4 is 23.4 Å². The molecule has 2 aliphatic rings. The predicted molar refractivity (Wildman–Crippen MR) is 115 cm³/mol. The van der Waals surface area contributed by atoms with E-state index in [4.69, 9.17) is 5.11 Å². The molecule has 2 aromatic carbocycles. The number of aryl methyl sites for hydroxylation is 1. The minimum absolute atomic E-state index is 0.0543. The first kappa shape index (κ1) is 19.6. The second kappa shape index (κ2) is 8.32. The first-order valence-electron chi connectivity index (χ1n) is 9.69. The fourth-order valence-corrected chi connectivity index (χ4v) is 4.98. The fraction of sp³-hybridized carbons (Fsp3) is 0.304. The molecule has 0 aliphatic carbocycles. The largest absolute Gasteiger partial charge is 0.396 e. The number of nitriles is 1. The third-order valence-electron chi connectivity index (χ3n) is 5.48. The van der Waals surface area contributed by atoms with Crippen molar-refractivity contribution in [1.82, 2.24) is 4.90 Å². The molecule has 2 aliphatic heterocycles. The van der Waals surface area contributed by atoms with Gasteiger partial charge in [0, 0.05) is 24.6 Å². The Labute approximate surface area is 175 Å². The molecule has 2 heterocycles. The number of carbonyl (C=O) groups is 1. The van der Waals surface area contributed by atoms with Crippen LogP contribution in [0.3, 0.4) is 0 Å². The molecular formula is C23H23N3O2S. The maximum absolute atomic E-state index is 13.0. The van der Waals surface area contributed by atoms with Crippen LogP contribution in [0.2, 0.25) is 0 Å². The van der Waals surface area contributed by atoms with Gasteiger partial charge in [0.25, 0.3) is 0 Å². The quantitative estimate of drug-likeness (QED) is 0.839. The number of rotatable bonds is 4. The van der Waals surface area contributed by atoms with E-state index in [-0.39, 0.29) is 18.4 Å². The fourth-order valence-electron chi connectivity index (χ4n) is 3.81. The van der Waals surface area contributed by atoms with Gasteiger partial charge in [-0.25, -0.2) is 0 Å². The topological polar surface area (TPSA) is 67.6 Å². The molecule has 1 saturated heterocycles. The summed E-state index contributed by atoms with van der Waals surface area (Å²) in [6.07, 6.45) is 0.956. The lowest BCUT2D eigenvalue weighted by molar-refractivity contribution is -0.129. The molecule has 0 saturated carbocycles.